The molecule has 5 heteroatoms. The van der Waals surface area contributed by atoms with Gasteiger partial charge in [-0.15, -0.1) is 22.7 Å². The maximum Gasteiger partial charge on any atom is 0.416 e. The topological polar surface area (TPSA) is 0 Å². The van der Waals surface area contributed by atoms with Gasteiger partial charge in [-0.1, -0.05) is 18.2 Å². The minimum Gasteiger partial charge on any atom is -0.166 e. The van der Waals surface area contributed by atoms with Gasteiger partial charge in [-0.25, -0.2) is 0 Å². The summed E-state index contributed by atoms with van der Waals surface area (Å²) in [5.74, 6) is 0. The highest BCUT2D eigenvalue weighted by Gasteiger charge is 2.30. The van der Waals surface area contributed by atoms with Gasteiger partial charge < -0.3 is 0 Å². The second-order valence-electron chi connectivity index (χ2n) is 4.22. The molecular weight excluding hydrogens is 301 g/mol. The zero-order valence-electron chi connectivity index (χ0n) is 10.1. The van der Waals surface area contributed by atoms with Crippen molar-refractivity contribution in [3.8, 4) is 20.2 Å². The molecule has 0 atom stereocenters. The molecular formula is C15H9F3S2. The zero-order chi connectivity index (χ0) is 14.2. The van der Waals surface area contributed by atoms with Crippen LogP contribution in [0.2, 0.25) is 0 Å². The van der Waals surface area contributed by atoms with E-state index in [1.54, 1.807) is 17.4 Å². The fraction of sp³-hybridized carbons (Fsp3) is 0.0667. The Morgan fingerprint density at radius 3 is 2.30 bits per heavy atom. The SMILES string of the molecule is FC(F)(F)c1cccc(-c2ccc(-c3cccs3)s2)c1. The number of benzene rings is 1. The molecule has 0 amide bonds. The van der Waals surface area contributed by atoms with Crippen LogP contribution >= 0.6 is 22.7 Å². The van der Waals surface area contributed by atoms with E-state index in [0.717, 1.165) is 20.7 Å². The molecule has 20 heavy (non-hydrogen) atoms. The zero-order valence-corrected chi connectivity index (χ0v) is 11.8. The van der Waals surface area contributed by atoms with E-state index < -0.39 is 11.7 Å². The number of hydrogen-bond acceptors (Lipinski definition) is 2. The van der Waals surface area contributed by atoms with E-state index in [0.29, 0.717) is 5.56 Å². The second-order valence-corrected chi connectivity index (χ2v) is 6.25. The number of halogens is 3. The fourth-order valence-corrected chi connectivity index (χ4v) is 3.73. The molecule has 0 spiro atoms. The first-order chi connectivity index (χ1) is 9.54. The number of thiophene rings is 2. The van der Waals surface area contributed by atoms with Crippen molar-refractivity contribution in [3.05, 3.63) is 59.5 Å². The Hall–Kier alpha value is -1.59. The molecule has 2 aromatic heterocycles. The van der Waals surface area contributed by atoms with E-state index in [-0.39, 0.29) is 0 Å². The average molecular weight is 310 g/mol. The molecule has 0 aliphatic heterocycles. The summed E-state index contributed by atoms with van der Waals surface area (Å²) in [6.45, 7) is 0. The summed E-state index contributed by atoms with van der Waals surface area (Å²) < 4.78 is 38.2. The highest BCUT2D eigenvalue weighted by atomic mass is 32.1. The summed E-state index contributed by atoms with van der Waals surface area (Å²) in [4.78, 5) is 3.06. The first kappa shape index (κ1) is 13.4. The van der Waals surface area contributed by atoms with Crippen molar-refractivity contribution in [2.75, 3.05) is 0 Å². The Labute approximate surface area is 122 Å². The molecule has 0 saturated heterocycles. The highest BCUT2D eigenvalue weighted by molar-refractivity contribution is 7.23. The molecule has 0 unspecified atom stereocenters. The van der Waals surface area contributed by atoms with E-state index in [4.69, 9.17) is 0 Å². The Kier molecular flexibility index (Phi) is 3.40. The first-order valence-electron chi connectivity index (χ1n) is 5.85. The molecule has 0 fully saturated rings. The molecule has 0 nitrogen and oxygen atoms in total. The van der Waals surface area contributed by atoms with Gasteiger partial charge in [0.25, 0.3) is 0 Å². The van der Waals surface area contributed by atoms with Gasteiger partial charge in [0, 0.05) is 14.6 Å². The van der Waals surface area contributed by atoms with Gasteiger partial charge in [-0.2, -0.15) is 13.2 Å². The van der Waals surface area contributed by atoms with Crippen LogP contribution in [0.1, 0.15) is 5.56 Å². The Morgan fingerprint density at radius 1 is 0.800 bits per heavy atom. The summed E-state index contributed by atoms with van der Waals surface area (Å²) in [5.41, 5.74) is -0.00583. The van der Waals surface area contributed by atoms with E-state index in [1.807, 2.05) is 29.6 Å². The van der Waals surface area contributed by atoms with Crippen molar-refractivity contribution in [1.82, 2.24) is 0 Å². The lowest BCUT2D eigenvalue weighted by Gasteiger charge is -2.07. The van der Waals surface area contributed by atoms with Crippen LogP contribution in [0.15, 0.2) is 53.9 Å². The Morgan fingerprint density at radius 2 is 1.60 bits per heavy atom. The molecule has 0 saturated carbocycles. The lowest BCUT2D eigenvalue weighted by Crippen LogP contribution is -2.04. The predicted molar refractivity (Wildman–Crippen MR) is 78.1 cm³/mol. The van der Waals surface area contributed by atoms with Crippen LogP contribution in [0.3, 0.4) is 0 Å². The van der Waals surface area contributed by atoms with Gasteiger partial charge in [0.15, 0.2) is 0 Å². The quantitative estimate of drug-likeness (QED) is 0.531. The van der Waals surface area contributed by atoms with Crippen LogP contribution in [0, 0.1) is 0 Å². The molecule has 0 bridgehead atoms. The molecule has 3 aromatic rings. The average Bonchev–Trinajstić information content (AvgIpc) is 3.09. The summed E-state index contributed by atoms with van der Waals surface area (Å²) >= 11 is 3.13. The van der Waals surface area contributed by atoms with Gasteiger partial charge in [0.2, 0.25) is 0 Å². The van der Waals surface area contributed by atoms with Gasteiger partial charge in [0.1, 0.15) is 0 Å². The largest absolute Gasteiger partial charge is 0.416 e. The van der Waals surface area contributed by atoms with Crippen LogP contribution in [0.25, 0.3) is 20.2 Å². The van der Waals surface area contributed by atoms with Crippen molar-refractivity contribution in [3.63, 3.8) is 0 Å². The van der Waals surface area contributed by atoms with Gasteiger partial charge in [-0.05, 0) is 41.3 Å². The van der Waals surface area contributed by atoms with Gasteiger partial charge in [-0.3, -0.25) is 0 Å². The van der Waals surface area contributed by atoms with Crippen molar-refractivity contribution in [2.24, 2.45) is 0 Å². The molecule has 102 valence electrons. The summed E-state index contributed by atoms with van der Waals surface area (Å²) in [5, 5.41) is 1.99. The normalized spacial score (nSPS) is 11.8. The van der Waals surface area contributed by atoms with E-state index in [9.17, 15) is 13.2 Å². The third-order valence-electron chi connectivity index (χ3n) is 2.84. The minimum atomic E-state index is -4.30. The van der Waals surface area contributed by atoms with Crippen LogP contribution in [0.5, 0.6) is 0 Å². The molecule has 0 aliphatic rings. The van der Waals surface area contributed by atoms with Crippen LogP contribution < -0.4 is 0 Å². The van der Waals surface area contributed by atoms with Crippen LogP contribution in [-0.4, -0.2) is 0 Å². The third kappa shape index (κ3) is 2.64. The molecule has 3 rings (SSSR count). The lowest BCUT2D eigenvalue weighted by molar-refractivity contribution is -0.137. The van der Waals surface area contributed by atoms with Crippen molar-refractivity contribution < 1.29 is 13.2 Å². The number of rotatable bonds is 2. The van der Waals surface area contributed by atoms with Crippen molar-refractivity contribution in [1.29, 1.82) is 0 Å². The highest BCUT2D eigenvalue weighted by Crippen LogP contribution is 2.38. The van der Waals surface area contributed by atoms with E-state index >= 15 is 0 Å². The number of hydrogen-bond donors (Lipinski definition) is 0. The Bertz CT molecular complexity index is 709. The maximum atomic E-state index is 12.7. The molecule has 2 heterocycles. The second kappa shape index (κ2) is 5.07. The van der Waals surface area contributed by atoms with Crippen LogP contribution in [-0.2, 0) is 6.18 Å². The van der Waals surface area contributed by atoms with E-state index in [1.165, 1.54) is 23.5 Å². The third-order valence-corrected chi connectivity index (χ3v) is 5.04. The predicted octanol–water partition coefficient (Wildman–Crippen LogP) is 6.16. The maximum absolute atomic E-state index is 12.7. The molecule has 0 aliphatic carbocycles. The minimum absolute atomic E-state index is 0.604. The Balaban J connectivity index is 1.98. The van der Waals surface area contributed by atoms with Crippen LogP contribution in [0.4, 0.5) is 13.2 Å². The standard InChI is InChI=1S/C15H9F3S2/c16-15(17,18)11-4-1-3-10(9-11)12-6-7-14(20-12)13-5-2-8-19-13/h1-9H. The monoisotopic (exact) mass is 310 g/mol. The van der Waals surface area contributed by atoms with E-state index in [2.05, 4.69) is 0 Å². The summed E-state index contributed by atoms with van der Waals surface area (Å²) in [6.07, 6.45) is -4.30. The summed E-state index contributed by atoms with van der Waals surface area (Å²) in [7, 11) is 0. The first-order valence-corrected chi connectivity index (χ1v) is 7.55. The molecule has 1 aromatic carbocycles. The molecule has 0 N–H and O–H groups in total. The summed E-state index contributed by atoms with van der Waals surface area (Å²) in [6, 6.07) is 13.2. The fourth-order valence-electron chi connectivity index (χ4n) is 1.89. The van der Waals surface area contributed by atoms with Crippen molar-refractivity contribution in [2.45, 2.75) is 6.18 Å². The van der Waals surface area contributed by atoms with Gasteiger partial charge in [0.05, 0.1) is 5.56 Å². The smallest absolute Gasteiger partial charge is 0.166 e. The lowest BCUT2D eigenvalue weighted by atomic mass is 10.1. The molecule has 0 radical (unpaired) electrons. The van der Waals surface area contributed by atoms with Gasteiger partial charge >= 0.3 is 6.18 Å². The van der Waals surface area contributed by atoms with Crippen molar-refractivity contribution >= 4 is 22.7 Å². The number of alkyl halides is 3.